The second-order valence-electron chi connectivity index (χ2n) is 5.00. The maximum absolute atomic E-state index is 12.1. The number of nitrogens with one attached hydrogen (secondary N) is 1. The Hall–Kier alpha value is -0.870. The van der Waals surface area contributed by atoms with Gasteiger partial charge in [-0.05, 0) is 37.0 Å². The second kappa shape index (κ2) is 4.42. The summed E-state index contributed by atoms with van der Waals surface area (Å²) in [5.41, 5.74) is 5.98. The van der Waals surface area contributed by atoms with E-state index in [2.05, 4.69) is 28.2 Å². The minimum atomic E-state index is -0.969. The Balaban J connectivity index is 2.11. The number of nitrogens with two attached hydrogens (primary N) is 1. The van der Waals surface area contributed by atoms with Crippen molar-refractivity contribution in [1.29, 1.82) is 0 Å². The van der Waals surface area contributed by atoms with E-state index in [1.807, 2.05) is 24.3 Å². The van der Waals surface area contributed by atoms with E-state index < -0.39 is 5.54 Å². The maximum atomic E-state index is 12.1. The van der Waals surface area contributed by atoms with Gasteiger partial charge in [0.1, 0.15) is 5.54 Å². The summed E-state index contributed by atoms with van der Waals surface area (Å²) in [5.74, 6) is 0.480. The predicted molar refractivity (Wildman–Crippen MR) is 71.4 cm³/mol. The topological polar surface area (TPSA) is 55.1 Å². The summed E-state index contributed by atoms with van der Waals surface area (Å²) >= 11 is 3.37. The van der Waals surface area contributed by atoms with E-state index in [1.54, 1.807) is 6.92 Å². The smallest absolute Gasteiger partial charge is 0.244 e. The van der Waals surface area contributed by atoms with E-state index in [-0.39, 0.29) is 5.91 Å². The molecule has 0 spiro atoms. The third-order valence-electron chi connectivity index (χ3n) is 3.34. The molecular formula is C13H17BrN2O. The van der Waals surface area contributed by atoms with Crippen LogP contribution in [0.1, 0.15) is 25.8 Å². The van der Waals surface area contributed by atoms with Gasteiger partial charge in [-0.2, -0.15) is 0 Å². The van der Waals surface area contributed by atoms with Gasteiger partial charge in [0.05, 0.1) is 0 Å². The van der Waals surface area contributed by atoms with Gasteiger partial charge in [0.25, 0.3) is 0 Å². The van der Waals surface area contributed by atoms with Gasteiger partial charge in [0.2, 0.25) is 5.91 Å². The lowest BCUT2D eigenvalue weighted by molar-refractivity contribution is -0.126. The molecule has 1 aromatic rings. The van der Waals surface area contributed by atoms with Crippen LogP contribution in [0.2, 0.25) is 0 Å². The van der Waals surface area contributed by atoms with E-state index in [1.165, 1.54) is 0 Å². The molecule has 0 saturated heterocycles. The van der Waals surface area contributed by atoms with E-state index in [4.69, 9.17) is 5.73 Å². The van der Waals surface area contributed by atoms with Crippen molar-refractivity contribution in [2.24, 2.45) is 11.7 Å². The summed E-state index contributed by atoms with van der Waals surface area (Å²) in [6, 6.07) is 7.85. The average molecular weight is 297 g/mol. The molecule has 1 saturated carbocycles. The van der Waals surface area contributed by atoms with Crippen molar-refractivity contribution < 1.29 is 4.79 Å². The standard InChI is InChI=1S/C13H17BrN2O/c1-8-7-11(8)16-12(17)13(2,15)9-3-5-10(14)6-4-9/h3-6,8,11H,7,15H2,1-2H3,(H,16,17). The normalized spacial score (nSPS) is 26.1. The Kier molecular flexibility index (Phi) is 3.27. The van der Waals surface area contributed by atoms with Gasteiger partial charge in [0, 0.05) is 10.5 Å². The summed E-state index contributed by atoms with van der Waals surface area (Å²) in [4.78, 5) is 12.1. The first-order valence-electron chi connectivity index (χ1n) is 5.77. The van der Waals surface area contributed by atoms with Gasteiger partial charge in [0.15, 0.2) is 0 Å². The van der Waals surface area contributed by atoms with E-state index in [0.29, 0.717) is 12.0 Å². The zero-order chi connectivity index (χ0) is 12.6. The minimum absolute atomic E-state index is 0.103. The molecule has 0 aromatic heterocycles. The van der Waals surface area contributed by atoms with Crippen molar-refractivity contribution >= 4 is 21.8 Å². The molecule has 1 aromatic carbocycles. The molecule has 3 atom stereocenters. The molecule has 0 bridgehead atoms. The highest BCUT2D eigenvalue weighted by atomic mass is 79.9. The van der Waals surface area contributed by atoms with Crippen molar-refractivity contribution in [1.82, 2.24) is 5.32 Å². The van der Waals surface area contributed by atoms with E-state index in [9.17, 15) is 4.79 Å². The molecule has 17 heavy (non-hydrogen) atoms. The molecule has 2 rings (SSSR count). The number of carbonyl (C=O) groups excluding carboxylic acids is 1. The molecule has 1 amide bonds. The number of hydrogen-bond donors (Lipinski definition) is 2. The van der Waals surface area contributed by atoms with Gasteiger partial charge >= 0.3 is 0 Å². The first kappa shape index (κ1) is 12.6. The third-order valence-corrected chi connectivity index (χ3v) is 3.87. The number of hydrogen-bond acceptors (Lipinski definition) is 2. The van der Waals surface area contributed by atoms with Crippen LogP contribution in [0.25, 0.3) is 0 Å². The van der Waals surface area contributed by atoms with Gasteiger partial charge in [-0.3, -0.25) is 4.79 Å². The third kappa shape index (κ3) is 2.69. The predicted octanol–water partition coefficient (Wildman–Crippen LogP) is 2.15. The van der Waals surface area contributed by atoms with Crippen LogP contribution >= 0.6 is 15.9 Å². The fourth-order valence-electron chi connectivity index (χ4n) is 1.77. The quantitative estimate of drug-likeness (QED) is 0.898. The zero-order valence-electron chi connectivity index (χ0n) is 10.0. The summed E-state index contributed by atoms with van der Waals surface area (Å²) in [6.07, 6.45) is 1.06. The molecule has 4 heteroatoms. The molecule has 1 aliphatic rings. The van der Waals surface area contributed by atoms with Crippen LogP contribution in [0.5, 0.6) is 0 Å². The SMILES string of the molecule is CC1CC1NC(=O)C(C)(N)c1ccc(Br)cc1. The molecule has 0 aliphatic heterocycles. The minimum Gasteiger partial charge on any atom is -0.351 e. The Morgan fingerprint density at radius 3 is 2.47 bits per heavy atom. The Labute approximate surface area is 110 Å². The summed E-state index contributed by atoms with van der Waals surface area (Å²) < 4.78 is 0.980. The Morgan fingerprint density at radius 2 is 2.00 bits per heavy atom. The highest BCUT2D eigenvalue weighted by Crippen LogP contribution is 2.30. The molecule has 0 radical (unpaired) electrons. The van der Waals surface area contributed by atoms with Crippen LogP contribution in [0.15, 0.2) is 28.7 Å². The molecule has 3 nitrogen and oxygen atoms in total. The first-order chi connectivity index (χ1) is 7.91. The fourth-order valence-corrected chi connectivity index (χ4v) is 2.03. The number of benzene rings is 1. The number of rotatable bonds is 3. The van der Waals surface area contributed by atoms with Crippen LogP contribution in [0, 0.1) is 5.92 Å². The summed E-state index contributed by atoms with van der Waals surface area (Å²) in [7, 11) is 0. The lowest BCUT2D eigenvalue weighted by atomic mass is 9.92. The molecule has 1 fully saturated rings. The van der Waals surface area contributed by atoms with Crippen LogP contribution in [0.3, 0.4) is 0 Å². The number of carbonyl (C=O) groups is 1. The van der Waals surface area contributed by atoms with Crippen molar-refractivity contribution in [2.75, 3.05) is 0 Å². The summed E-state index contributed by atoms with van der Waals surface area (Å²) in [5, 5.41) is 2.98. The average Bonchev–Trinajstić information content (AvgIpc) is 2.94. The van der Waals surface area contributed by atoms with Gasteiger partial charge in [-0.15, -0.1) is 0 Å². The van der Waals surface area contributed by atoms with Crippen molar-refractivity contribution in [2.45, 2.75) is 31.8 Å². The number of amides is 1. The van der Waals surface area contributed by atoms with Gasteiger partial charge in [-0.1, -0.05) is 35.0 Å². The maximum Gasteiger partial charge on any atom is 0.244 e. The lowest BCUT2D eigenvalue weighted by Gasteiger charge is -2.24. The number of halogens is 1. The van der Waals surface area contributed by atoms with Crippen LogP contribution in [-0.2, 0) is 10.3 Å². The highest BCUT2D eigenvalue weighted by molar-refractivity contribution is 9.10. The summed E-state index contributed by atoms with van der Waals surface area (Å²) in [6.45, 7) is 3.87. The van der Waals surface area contributed by atoms with Gasteiger partial charge < -0.3 is 11.1 Å². The van der Waals surface area contributed by atoms with Crippen LogP contribution in [-0.4, -0.2) is 11.9 Å². The molecule has 0 heterocycles. The van der Waals surface area contributed by atoms with E-state index in [0.717, 1.165) is 16.5 Å². The Morgan fingerprint density at radius 1 is 1.47 bits per heavy atom. The van der Waals surface area contributed by atoms with Gasteiger partial charge in [-0.25, -0.2) is 0 Å². The largest absolute Gasteiger partial charge is 0.351 e. The van der Waals surface area contributed by atoms with Crippen molar-refractivity contribution in [3.05, 3.63) is 34.3 Å². The van der Waals surface area contributed by atoms with Crippen molar-refractivity contribution in [3.8, 4) is 0 Å². The lowest BCUT2D eigenvalue weighted by Crippen LogP contribution is -2.49. The fraction of sp³-hybridized carbons (Fsp3) is 0.462. The molecular weight excluding hydrogens is 280 g/mol. The van der Waals surface area contributed by atoms with E-state index >= 15 is 0 Å². The molecule has 1 aliphatic carbocycles. The van der Waals surface area contributed by atoms with Crippen molar-refractivity contribution in [3.63, 3.8) is 0 Å². The van der Waals surface area contributed by atoms with Crippen LogP contribution in [0.4, 0.5) is 0 Å². The Bertz CT molecular complexity index is 428. The first-order valence-corrected chi connectivity index (χ1v) is 6.56. The molecule has 92 valence electrons. The zero-order valence-corrected chi connectivity index (χ0v) is 11.6. The van der Waals surface area contributed by atoms with Crippen LogP contribution < -0.4 is 11.1 Å². The molecule has 3 unspecified atom stereocenters. The molecule has 3 N–H and O–H groups in total. The second-order valence-corrected chi connectivity index (χ2v) is 5.92. The monoisotopic (exact) mass is 296 g/mol. The highest BCUT2D eigenvalue weighted by Gasteiger charge is 2.38.